The topological polar surface area (TPSA) is 105 Å². The van der Waals surface area contributed by atoms with Gasteiger partial charge in [-0.1, -0.05) is 29.8 Å². The van der Waals surface area contributed by atoms with Crippen molar-refractivity contribution in [3.8, 4) is 11.6 Å². The Kier molecular flexibility index (Phi) is 5.08. The molecule has 0 atom stereocenters. The predicted octanol–water partition coefficient (Wildman–Crippen LogP) is 2.80. The van der Waals surface area contributed by atoms with Gasteiger partial charge < -0.3 is 5.11 Å². The number of aromatic amines is 1. The van der Waals surface area contributed by atoms with Gasteiger partial charge in [0.1, 0.15) is 5.56 Å². The molecule has 3 rings (SSSR count). The number of aromatic nitrogens is 2. The average molecular weight is 377 g/mol. The summed E-state index contributed by atoms with van der Waals surface area (Å²) in [6.07, 6.45) is 1.17. The molecule has 28 heavy (non-hydrogen) atoms. The number of carbonyl (C=O) groups is 1. The fraction of sp³-hybridized carbons (Fsp3) is 0.143. The Bertz CT molecular complexity index is 1220. The molecule has 0 aliphatic heterocycles. The van der Waals surface area contributed by atoms with Crippen LogP contribution in [0.25, 0.3) is 5.69 Å². The lowest BCUT2D eigenvalue weighted by molar-refractivity contribution is 0.101. The lowest BCUT2D eigenvalue weighted by Crippen LogP contribution is -2.31. The van der Waals surface area contributed by atoms with E-state index in [0.717, 1.165) is 15.7 Å². The summed E-state index contributed by atoms with van der Waals surface area (Å²) < 4.78 is 1.03. The highest BCUT2D eigenvalue weighted by Crippen LogP contribution is 2.21. The summed E-state index contributed by atoms with van der Waals surface area (Å²) >= 11 is 0. The van der Waals surface area contributed by atoms with Crippen molar-refractivity contribution < 1.29 is 9.90 Å². The fourth-order valence-corrected chi connectivity index (χ4v) is 2.88. The van der Waals surface area contributed by atoms with Gasteiger partial charge in [-0.05, 0) is 44.5 Å². The highest BCUT2D eigenvalue weighted by molar-refractivity contribution is 5.95. The van der Waals surface area contributed by atoms with Crippen LogP contribution in [-0.4, -0.2) is 26.7 Å². The molecule has 1 aromatic heterocycles. The van der Waals surface area contributed by atoms with Gasteiger partial charge in [-0.15, -0.1) is 0 Å². The molecule has 0 aliphatic rings. The number of benzene rings is 2. The number of carbonyl (C=O) groups excluding carboxylic acids is 1. The minimum Gasteiger partial charge on any atom is -0.493 e. The van der Waals surface area contributed by atoms with Gasteiger partial charge in [0.05, 0.1) is 11.4 Å². The summed E-state index contributed by atoms with van der Waals surface area (Å²) in [6.45, 7) is 5.17. The molecular formula is C21H19N3O4. The van der Waals surface area contributed by atoms with Crippen LogP contribution in [0.4, 0.5) is 5.69 Å². The third-order valence-electron chi connectivity index (χ3n) is 4.31. The van der Waals surface area contributed by atoms with Gasteiger partial charge in [0.25, 0.3) is 5.56 Å². The molecular weight excluding hydrogens is 358 g/mol. The van der Waals surface area contributed by atoms with Gasteiger partial charge in [0.15, 0.2) is 5.78 Å². The second-order valence-corrected chi connectivity index (χ2v) is 6.49. The Morgan fingerprint density at radius 3 is 2.57 bits per heavy atom. The van der Waals surface area contributed by atoms with E-state index in [4.69, 9.17) is 0 Å². The monoisotopic (exact) mass is 377 g/mol. The minimum absolute atomic E-state index is 0.110. The van der Waals surface area contributed by atoms with E-state index in [2.05, 4.69) is 9.98 Å². The molecule has 0 bridgehead atoms. The molecule has 2 aromatic carbocycles. The minimum atomic E-state index is -0.755. The Morgan fingerprint density at radius 1 is 1.14 bits per heavy atom. The SMILES string of the molecule is CC(=O)c1cccc(N=Cc2c(O)n(-c3ccc(C)cc3C)c(=O)[nH]c2=O)c1. The molecule has 1 heterocycles. The van der Waals surface area contributed by atoms with Crippen molar-refractivity contribution >= 4 is 17.7 Å². The first-order valence-electron chi connectivity index (χ1n) is 8.59. The summed E-state index contributed by atoms with van der Waals surface area (Å²) in [5.41, 5.74) is 1.49. The van der Waals surface area contributed by atoms with Gasteiger partial charge in [0, 0.05) is 11.8 Å². The Hall–Kier alpha value is -3.74. The molecule has 7 heteroatoms. The van der Waals surface area contributed by atoms with Crippen LogP contribution in [0, 0.1) is 13.8 Å². The van der Waals surface area contributed by atoms with Gasteiger partial charge in [-0.25, -0.2) is 9.36 Å². The number of aryl methyl sites for hydroxylation is 2. The molecule has 142 valence electrons. The Labute approximate surface area is 160 Å². The van der Waals surface area contributed by atoms with Crippen molar-refractivity contribution in [2.24, 2.45) is 4.99 Å². The number of Topliss-reactive ketones (excluding diaryl/α,β-unsaturated/α-hetero) is 1. The van der Waals surface area contributed by atoms with E-state index >= 15 is 0 Å². The van der Waals surface area contributed by atoms with E-state index in [1.165, 1.54) is 13.1 Å². The molecule has 0 saturated carbocycles. The summed E-state index contributed by atoms with van der Waals surface area (Å²) in [7, 11) is 0. The first kappa shape index (κ1) is 19.0. The maximum Gasteiger partial charge on any atom is 0.335 e. The standard InChI is InChI=1S/C21H19N3O4/c1-12-7-8-18(13(2)9-12)24-20(27)17(19(26)23-21(24)28)11-22-16-6-4-5-15(10-16)14(3)25/h4-11,27H,1-3H3,(H,23,26,28). The normalized spacial score (nSPS) is 11.1. The van der Waals surface area contributed by atoms with Gasteiger partial charge in [0.2, 0.25) is 5.88 Å². The number of hydrogen-bond donors (Lipinski definition) is 2. The largest absolute Gasteiger partial charge is 0.493 e. The summed E-state index contributed by atoms with van der Waals surface area (Å²) in [6, 6.07) is 11.9. The van der Waals surface area contributed by atoms with Crippen molar-refractivity contribution in [1.82, 2.24) is 9.55 Å². The third-order valence-corrected chi connectivity index (χ3v) is 4.31. The van der Waals surface area contributed by atoms with Crippen molar-refractivity contribution in [2.75, 3.05) is 0 Å². The first-order valence-corrected chi connectivity index (χ1v) is 8.59. The number of nitrogens with one attached hydrogen (secondary N) is 1. The van der Waals surface area contributed by atoms with Crippen LogP contribution >= 0.6 is 0 Å². The Balaban J connectivity index is 2.13. The summed E-state index contributed by atoms with van der Waals surface area (Å²) in [4.78, 5) is 42.4. The van der Waals surface area contributed by atoms with Crippen molar-refractivity contribution in [3.63, 3.8) is 0 Å². The number of nitrogens with zero attached hydrogens (tertiary/aromatic N) is 2. The van der Waals surface area contributed by atoms with E-state index in [9.17, 15) is 19.5 Å². The molecule has 3 aromatic rings. The first-order chi connectivity index (χ1) is 13.3. The van der Waals surface area contributed by atoms with E-state index in [1.54, 1.807) is 43.3 Å². The molecule has 0 radical (unpaired) electrons. The number of rotatable bonds is 4. The number of aromatic hydroxyl groups is 1. The zero-order chi connectivity index (χ0) is 20.4. The Morgan fingerprint density at radius 2 is 1.89 bits per heavy atom. The maximum absolute atomic E-state index is 12.3. The van der Waals surface area contributed by atoms with E-state index in [-0.39, 0.29) is 11.3 Å². The molecule has 0 aliphatic carbocycles. The van der Waals surface area contributed by atoms with Crippen molar-refractivity contribution in [1.29, 1.82) is 0 Å². The smallest absolute Gasteiger partial charge is 0.335 e. The number of hydrogen-bond acceptors (Lipinski definition) is 5. The van der Waals surface area contributed by atoms with E-state index in [0.29, 0.717) is 16.9 Å². The lowest BCUT2D eigenvalue weighted by Gasteiger charge is -2.12. The molecule has 0 saturated heterocycles. The van der Waals surface area contributed by atoms with Crippen molar-refractivity contribution in [3.05, 3.63) is 85.6 Å². The molecule has 0 spiro atoms. The zero-order valence-electron chi connectivity index (χ0n) is 15.7. The molecule has 0 amide bonds. The van der Waals surface area contributed by atoms with Crippen LogP contribution in [0.3, 0.4) is 0 Å². The predicted molar refractivity (Wildman–Crippen MR) is 107 cm³/mol. The summed E-state index contributed by atoms with van der Waals surface area (Å²) in [5, 5.41) is 10.6. The van der Waals surface area contributed by atoms with Crippen molar-refractivity contribution in [2.45, 2.75) is 20.8 Å². The van der Waals surface area contributed by atoms with Crippen LogP contribution in [0.5, 0.6) is 5.88 Å². The average Bonchev–Trinajstić information content (AvgIpc) is 2.63. The highest BCUT2D eigenvalue weighted by Gasteiger charge is 2.15. The van der Waals surface area contributed by atoms with Crippen LogP contribution in [0.15, 0.2) is 57.0 Å². The van der Waals surface area contributed by atoms with E-state index < -0.39 is 17.1 Å². The number of aliphatic imine (C=N–C) groups is 1. The molecule has 0 unspecified atom stereocenters. The quantitative estimate of drug-likeness (QED) is 0.539. The third kappa shape index (κ3) is 3.68. The lowest BCUT2D eigenvalue weighted by atomic mass is 10.1. The van der Waals surface area contributed by atoms with Crippen LogP contribution < -0.4 is 11.2 Å². The van der Waals surface area contributed by atoms with Gasteiger partial charge >= 0.3 is 5.69 Å². The van der Waals surface area contributed by atoms with Crippen LogP contribution in [0.1, 0.15) is 34.0 Å². The number of ketones is 1. The van der Waals surface area contributed by atoms with Gasteiger partial charge in [-0.3, -0.25) is 19.6 Å². The van der Waals surface area contributed by atoms with Crippen LogP contribution in [-0.2, 0) is 0 Å². The fourth-order valence-electron chi connectivity index (χ4n) is 2.88. The maximum atomic E-state index is 12.3. The second kappa shape index (κ2) is 7.48. The second-order valence-electron chi connectivity index (χ2n) is 6.49. The zero-order valence-corrected chi connectivity index (χ0v) is 15.7. The molecule has 7 nitrogen and oxygen atoms in total. The van der Waals surface area contributed by atoms with Gasteiger partial charge in [-0.2, -0.15) is 0 Å². The molecule has 0 fully saturated rings. The van der Waals surface area contributed by atoms with Crippen LogP contribution in [0.2, 0.25) is 0 Å². The van der Waals surface area contributed by atoms with E-state index in [1.807, 2.05) is 13.0 Å². The highest BCUT2D eigenvalue weighted by atomic mass is 16.3. The summed E-state index contributed by atoms with van der Waals surface area (Å²) in [5.74, 6) is -0.617. The molecule has 2 N–H and O–H groups in total. The number of H-pyrrole nitrogens is 1.